The highest BCUT2D eigenvalue weighted by Crippen LogP contribution is 2.24. The molecule has 0 saturated heterocycles. The lowest BCUT2D eigenvalue weighted by Gasteiger charge is -2.17. The second-order valence-corrected chi connectivity index (χ2v) is 5.08. The second-order valence-electron chi connectivity index (χ2n) is 5.08. The van der Waals surface area contributed by atoms with E-state index in [-0.39, 0.29) is 0 Å². The average Bonchev–Trinajstić information content (AvgIpc) is 3.02. The summed E-state index contributed by atoms with van der Waals surface area (Å²) in [5, 5.41) is 0. The smallest absolute Gasteiger partial charge is 0.0921 e. The van der Waals surface area contributed by atoms with Gasteiger partial charge in [0, 0.05) is 11.9 Å². The monoisotopic (exact) mass is 262 g/mol. The number of aromatic amines is 1. The van der Waals surface area contributed by atoms with E-state index in [9.17, 15) is 0 Å². The number of hydrogen-bond acceptors (Lipinski definition) is 1. The van der Waals surface area contributed by atoms with Crippen LogP contribution in [0.5, 0.6) is 0 Å². The van der Waals surface area contributed by atoms with Crippen molar-refractivity contribution in [2.75, 3.05) is 0 Å². The summed E-state index contributed by atoms with van der Waals surface area (Å²) >= 11 is 0. The number of benzene rings is 2. The summed E-state index contributed by atoms with van der Waals surface area (Å²) in [5.41, 5.74) is 3.95. The van der Waals surface area contributed by atoms with Crippen molar-refractivity contribution in [3.8, 4) is 0 Å². The van der Waals surface area contributed by atoms with E-state index in [0.717, 1.165) is 12.8 Å². The van der Waals surface area contributed by atoms with Gasteiger partial charge in [0.05, 0.1) is 6.33 Å². The number of H-pyrrole nitrogens is 1. The van der Waals surface area contributed by atoms with Crippen molar-refractivity contribution in [3.63, 3.8) is 0 Å². The van der Waals surface area contributed by atoms with Gasteiger partial charge in [-0.25, -0.2) is 4.98 Å². The van der Waals surface area contributed by atoms with Crippen LogP contribution in [0, 0.1) is 0 Å². The van der Waals surface area contributed by atoms with Gasteiger partial charge in [-0.15, -0.1) is 0 Å². The van der Waals surface area contributed by atoms with Gasteiger partial charge >= 0.3 is 0 Å². The Morgan fingerprint density at radius 3 is 2.20 bits per heavy atom. The third kappa shape index (κ3) is 3.15. The Bertz CT molecular complexity index is 615. The molecule has 1 aromatic heterocycles. The van der Waals surface area contributed by atoms with E-state index < -0.39 is 0 Å². The van der Waals surface area contributed by atoms with Crippen LogP contribution in [0.3, 0.4) is 0 Å². The Morgan fingerprint density at radius 2 is 1.55 bits per heavy atom. The predicted molar refractivity (Wildman–Crippen MR) is 81.6 cm³/mol. The zero-order valence-corrected chi connectivity index (χ0v) is 11.4. The first-order valence-electron chi connectivity index (χ1n) is 6.98. The Morgan fingerprint density at radius 1 is 0.850 bits per heavy atom. The highest BCUT2D eigenvalue weighted by molar-refractivity contribution is 5.25. The van der Waals surface area contributed by atoms with Crippen molar-refractivity contribution in [2.45, 2.75) is 18.8 Å². The molecule has 3 rings (SSSR count). The van der Waals surface area contributed by atoms with Gasteiger partial charge in [-0.05, 0) is 29.9 Å². The van der Waals surface area contributed by atoms with Crippen LogP contribution in [0.1, 0.15) is 22.7 Å². The summed E-state index contributed by atoms with van der Waals surface area (Å²) in [7, 11) is 0. The molecule has 3 aromatic rings. The zero-order chi connectivity index (χ0) is 13.6. The van der Waals surface area contributed by atoms with Crippen molar-refractivity contribution >= 4 is 0 Å². The summed E-state index contributed by atoms with van der Waals surface area (Å²) in [6, 6.07) is 21.4. The lowest BCUT2D eigenvalue weighted by molar-refractivity contribution is 0.670. The van der Waals surface area contributed by atoms with Gasteiger partial charge in [-0.2, -0.15) is 0 Å². The molecule has 2 aromatic carbocycles. The first kappa shape index (κ1) is 12.7. The zero-order valence-electron chi connectivity index (χ0n) is 11.4. The maximum absolute atomic E-state index is 4.12. The molecule has 2 heteroatoms. The van der Waals surface area contributed by atoms with Crippen LogP contribution in [0.25, 0.3) is 0 Å². The van der Waals surface area contributed by atoms with Crippen molar-refractivity contribution in [1.82, 2.24) is 9.97 Å². The largest absolute Gasteiger partial charge is 0.348 e. The summed E-state index contributed by atoms with van der Waals surface area (Å²) in [6.45, 7) is 0. The summed E-state index contributed by atoms with van der Waals surface area (Å²) in [5.74, 6) is 0.471. The van der Waals surface area contributed by atoms with Crippen molar-refractivity contribution in [1.29, 1.82) is 0 Å². The minimum atomic E-state index is 0.471. The lowest BCUT2D eigenvalue weighted by Crippen LogP contribution is -2.07. The molecular formula is C18H18N2. The molecule has 0 aliphatic carbocycles. The van der Waals surface area contributed by atoms with E-state index >= 15 is 0 Å². The Kier molecular flexibility index (Phi) is 3.93. The van der Waals surface area contributed by atoms with Crippen molar-refractivity contribution in [2.24, 2.45) is 0 Å². The van der Waals surface area contributed by atoms with Gasteiger partial charge in [-0.1, -0.05) is 60.7 Å². The van der Waals surface area contributed by atoms with Gasteiger partial charge in [0.15, 0.2) is 0 Å². The average molecular weight is 262 g/mol. The van der Waals surface area contributed by atoms with Gasteiger partial charge in [0.2, 0.25) is 0 Å². The molecule has 0 amide bonds. The summed E-state index contributed by atoms with van der Waals surface area (Å²) in [4.78, 5) is 7.33. The Labute approximate surface area is 119 Å². The van der Waals surface area contributed by atoms with E-state index in [1.165, 1.54) is 16.8 Å². The molecule has 0 radical (unpaired) electrons. The standard InChI is InChI=1S/C18H18N2/c1-3-7-15(8-4-1)11-17(12-18-13-19-14-20-18)16-9-5-2-6-10-16/h1-10,13-14,17H,11-12H2,(H,19,20). The molecule has 2 nitrogen and oxygen atoms in total. The topological polar surface area (TPSA) is 28.7 Å². The minimum absolute atomic E-state index is 0.471. The Balaban J connectivity index is 1.83. The van der Waals surface area contributed by atoms with Crippen LogP contribution >= 0.6 is 0 Å². The van der Waals surface area contributed by atoms with Crippen molar-refractivity contribution < 1.29 is 0 Å². The molecule has 0 aliphatic heterocycles. The maximum Gasteiger partial charge on any atom is 0.0921 e. The van der Waals surface area contributed by atoms with E-state index in [1.54, 1.807) is 6.33 Å². The highest BCUT2D eigenvalue weighted by Gasteiger charge is 2.13. The second kappa shape index (κ2) is 6.20. The fraction of sp³-hybridized carbons (Fsp3) is 0.167. The molecule has 1 N–H and O–H groups in total. The summed E-state index contributed by atoms with van der Waals surface area (Å²) < 4.78 is 0. The number of aromatic nitrogens is 2. The highest BCUT2D eigenvalue weighted by atomic mass is 14.9. The number of rotatable bonds is 5. The normalized spacial score (nSPS) is 12.2. The van der Waals surface area contributed by atoms with Gasteiger partial charge in [-0.3, -0.25) is 0 Å². The molecule has 100 valence electrons. The molecule has 20 heavy (non-hydrogen) atoms. The van der Waals surface area contributed by atoms with Crippen molar-refractivity contribution in [3.05, 3.63) is 90.0 Å². The van der Waals surface area contributed by atoms with Gasteiger partial charge in [0.1, 0.15) is 0 Å². The molecule has 0 fully saturated rings. The number of nitrogens with one attached hydrogen (secondary N) is 1. The van der Waals surface area contributed by atoms with Crippen LogP contribution in [0.2, 0.25) is 0 Å². The molecule has 1 heterocycles. The quantitative estimate of drug-likeness (QED) is 0.740. The molecule has 0 aliphatic rings. The number of hydrogen-bond donors (Lipinski definition) is 1. The third-order valence-corrected chi connectivity index (χ3v) is 3.62. The lowest BCUT2D eigenvalue weighted by atomic mass is 9.88. The molecular weight excluding hydrogens is 244 g/mol. The van der Waals surface area contributed by atoms with Crippen LogP contribution in [-0.4, -0.2) is 9.97 Å². The van der Waals surface area contributed by atoms with Crippen LogP contribution in [0.15, 0.2) is 73.2 Å². The van der Waals surface area contributed by atoms with E-state index in [1.807, 2.05) is 6.20 Å². The molecule has 0 saturated carbocycles. The summed E-state index contributed by atoms with van der Waals surface area (Å²) in [6.07, 6.45) is 5.70. The van der Waals surface area contributed by atoms with Gasteiger partial charge < -0.3 is 4.98 Å². The number of nitrogens with zero attached hydrogens (tertiary/aromatic N) is 1. The Hall–Kier alpha value is -2.35. The van der Waals surface area contributed by atoms with Crippen LogP contribution < -0.4 is 0 Å². The first-order valence-corrected chi connectivity index (χ1v) is 6.98. The van der Waals surface area contributed by atoms with Crippen LogP contribution in [0.4, 0.5) is 0 Å². The van der Waals surface area contributed by atoms with E-state index in [0.29, 0.717) is 5.92 Å². The van der Waals surface area contributed by atoms with E-state index in [4.69, 9.17) is 0 Å². The molecule has 0 bridgehead atoms. The van der Waals surface area contributed by atoms with Crippen LogP contribution in [-0.2, 0) is 12.8 Å². The SMILES string of the molecule is c1ccc(CC(Cc2cnc[nH]2)c2ccccc2)cc1. The molecule has 1 unspecified atom stereocenters. The molecule has 0 spiro atoms. The maximum atomic E-state index is 4.12. The fourth-order valence-electron chi connectivity index (χ4n) is 2.59. The third-order valence-electron chi connectivity index (χ3n) is 3.62. The van der Waals surface area contributed by atoms with E-state index in [2.05, 4.69) is 70.6 Å². The minimum Gasteiger partial charge on any atom is -0.348 e. The van der Waals surface area contributed by atoms with Gasteiger partial charge in [0.25, 0.3) is 0 Å². The predicted octanol–water partition coefficient (Wildman–Crippen LogP) is 3.98. The number of imidazole rings is 1. The molecule has 1 atom stereocenters. The fourth-order valence-corrected chi connectivity index (χ4v) is 2.59. The first-order chi connectivity index (χ1) is 9.92.